The molecule has 5 rings (SSSR count). The quantitative estimate of drug-likeness (QED) is 0.761. The van der Waals surface area contributed by atoms with Gasteiger partial charge in [-0.25, -0.2) is 4.98 Å². The van der Waals surface area contributed by atoms with Gasteiger partial charge in [0, 0.05) is 50.1 Å². The lowest BCUT2D eigenvalue weighted by Gasteiger charge is -2.37. The number of rotatable bonds is 5. The van der Waals surface area contributed by atoms with Crippen molar-refractivity contribution in [3.63, 3.8) is 0 Å². The molecule has 6 nitrogen and oxygen atoms in total. The van der Waals surface area contributed by atoms with Crippen molar-refractivity contribution >= 4 is 5.91 Å². The van der Waals surface area contributed by atoms with Crippen molar-refractivity contribution in [1.29, 1.82) is 0 Å². The van der Waals surface area contributed by atoms with Crippen LogP contribution in [0.4, 0.5) is 0 Å². The molecule has 158 valence electrons. The molecule has 0 spiro atoms. The molecule has 3 aliphatic rings. The van der Waals surface area contributed by atoms with Crippen molar-refractivity contribution in [3.05, 3.63) is 53.5 Å². The van der Waals surface area contributed by atoms with E-state index in [1.165, 1.54) is 18.4 Å². The molecule has 2 saturated heterocycles. The summed E-state index contributed by atoms with van der Waals surface area (Å²) < 4.78 is 6.13. The zero-order chi connectivity index (χ0) is 20.7. The number of piperazine rings is 1. The van der Waals surface area contributed by atoms with Crippen molar-refractivity contribution < 1.29 is 9.53 Å². The van der Waals surface area contributed by atoms with Gasteiger partial charge in [0.15, 0.2) is 0 Å². The van der Waals surface area contributed by atoms with Gasteiger partial charge >= 0.3 is 0 Å². The van der Waals surface area contributed by atoms with Gasteiger partial charge in [0.25, 0.3) is 5.91 Å². The van der Waals surface area contributed by atoms with Crippen LogP contribution in [0.15, 0.2) is 36.7 Å². The van der Waals surface area contributed by atoms with E-state index >= 15 is 0 Å². The molecular weight excluding hydrogens is 376 g/mol. The Morgan fingerprint density at radius 2 is 2.00 bits per heavy atom. The molecule has 3 fully saturated rings. The molecule has 1 amide bonds. The second-order valence-electron chi connectivity index (χ2n) is 9.21. The van der Waals surface area contributed by atoms with E-state index in [0.717, 1.165) is 43.9 Å². The fraction of sp³-hybridized carbons (Fsp3) is 0.542. The van der Waals surface area contributed by atoms with Crippen molar-refractivity contribution in [2.24, 2.45) is 0 Å². The van der Waals surface area contributed by atoms with Crippen LogP contribution in [-0.4, -0.2) is 64.0 Å². The van der Waals surface area contributed by atoms with Gasteiger partial charge in [0.05, 0.1) is 18.1 Å². The van der Waals surface area contributed by atoms with Gasteiger partial charge in [-0.2, -0.15) is 0 Å². The second-order valence-corrected chi connectivity index (χ2v) is 9.21. The summed E-state index contributed by atoms with van der Waals surface area (Å²) in [6, 6.07) is 8.42. The number of hydrogen-bond acceptors (Lipinski definition) is 5. The molecular formula is C24H30N4O2. The SMILES string of the molecule is CC(C)c1cccc(C(=O)N2CCN3C[C@H](Oc4cnc(C5CC5)cn4)C[C@H]3C2)c1. The Morgan fingerprint density at radius 1 is 1.13 bits per heavy atom. The van der Waals surface area contributed by atoms with Crippen LogP contribution in [-0.2, 0) is 0 Å². The van der Waals surface area contributed by atoms with Gasteiger partial charge in [-0.05, 0) is 36.5 Å². The molecule has 3 heterocycles. The van der Waals surface area contributed by atoms with Crippen molar-refractivity contribution in [2.75, 3.05) is 26.2 Å². The molecule has 0 unspecified atom stereocenters. The molecule has 6 heteroatoms. The summed E-state index contributed by atoms with van der Waals surface area (Å²) in [7, 11) is 0. The summed E-state index contributed by atoms with van der Waals surface area (Å²) in [6.07, 6.45) is 7.11. The number of aromatic nitrogens is 2. The molecule has 1 aromatic carbocycles. The molecule has 1 aliphatic carbocycles. The third-order valence-corrected chi connectivity index (χ3v) is 6.60. The predicted molar refractivity (Wildman–Crippen MR) is 115 cm³/mol. The lowest BCUT2D eigenvalue weighted by molar-refractivity contribution is 0.0569. The van der Waals surface area contributed by atoms with E-state index < -0.39 is 0 Å². The number of carbonyl (C=O) groups excluding carboxylic acids is 1. The maximum absolute atomic E-state index is 13.1. The number of amides is 1. The summed E-state index contributed by atoms with van der Waals surface area (Å²) in [4.78, 5) is 26.5. The Morgan fingerprint density at radius 3 is 2.73 bits per heavy atom. The first kappa shape index (κ1) is 19.5. The highest BCUT2D eigenvalue weighted by Crippen LogP contribution is 2.38. The number of nitrogens with zero attached hydrogens (tertiary/aromatic N) is 4. The minimum Gasteiger partial charge on any atom is -0.472 e. The molecule has 0 N–H and O–H groups in total. The minimum atomic E-state index is 0.107. The highest BCUT2D eigenvalue weighted by molar-refractivity contribution is 5.94. The third kappa shape index (κ3) is 4.06. The van der Waals surface area contributed by atoms with Crippen molar-refractivity contribution in [3.8, 4) is 5.88 Å². The summed E-state index contributed by atoms with van der Waals surface area (Å²) in [5, 5.41) is 0. The van der Waals surface area contributed by atoms with Gasteiger partial charge in [-0.15, -0.1) is 0 Å². The first-order valence-corrected chi connectivity index (χ1v) is 11.2. The van der Waals surface area contributed by atoms with Gasteiger partial charge < -0.3 is 9.64 Å². The van der Waals surface area contributed by atoms with E-state index in [-0.39, 0.29) is 12.0 Å². The van der Waals surface area contributed by atoms with E-state index in [0.29, 0.717) is 23.8 Å². The number of hydrogen-bond donors (Lipinski definition) is 0. The van der Waals surface area contributed by atoms with Gasteiger partial charge in [0.1, 0.15) is 6.10 Å². The fourth-order valence-corrected chi connectivity index (χ4v) is 4.63. The third-order valence-electron chi connectivity index (χ3n) is 6.60. The lowest BCUT2D eigenvalue weighted by atomic mass is 10.00. The number of benzene rings is 1. The van der Waals surface area contributed by atoms with Crippen molar-refractivity contribution in [2.45, 2.75) is 57.1 Å². The molecule has 1 saturated carbocycles. The van der Waals surface area contributed by atoms with Crippen LogP contribution in [0.5, 0.6) is 5.88 Å². The summed E-state index contributed by atoms with van der Waals surface area (Å²) in [5.74, 6) is 1.78. The monoisotopic (exact) mass is 406 g/mol. The molecule has 0 radical (unpaired) electrons. The first-order valence-electron chi connectivity index (χ1n) is 11.2. The van der Waals surface area contributed by atoms with Crippen LogP contribution < -0.4 is 4.74 Å². The molecule has 2 atom stereocenters. The number of carbonyl (C=O) groups is 1. The number of ether oxygens (including phenoxy) is 1. The van der Waals surface area contributed by atoms with Crippen LogP contribution in [0, 0.1) is 0 Å². The zero-order valence-corrected chi connectivity index (χ0v) is 17.8. The van der Waals surface area contributed by atoms with Crippen molar-refractivity contribution in [1.82, 2.24) is 19.8 Å². The summed E-state index contributed by atoms with van der Waals surface area (Å²) in [5.41, 5.74) is 3.09. The Hall–Kier alpha value is -2.47. The largest absolute Gasteiger partial charge is 0.472 e. The van der Waals surface area contributed by atoms with E-state index in [4.69, 9.17) is 4.74 Å². The number of fused-ring (bicyclic) bond motifs is 1. The van der Waals surface area contributed by atoms with Gasteiger partial charge in [-0.1, -0.05) is 26.0 Å². The maximum atomic E-state index is 13.1. The standard InChI is InChI=1S/C24H30N4O2/c1-16(2)18-4-3-5-19(10-18)24(29)28-9-8-27-15-21(11-20(27)14-28)30-23-13-25-22(12-26-23)17-6-7-17/h3-5,10,12-13,16-17,20-21H,6-9,11,14-15H2,1-2H3/t20-,21+/m0/s1. The van der Waals surface area contributed by atoms with Gasteiger partial charge in [-0.3, -0.25) is 14.7 Å². The van der Waals surface area contributed by atoms with E-state index in [2.05, 4.69) is 34.8 Å². The normalized spacial score (nSPS) is 24.2. The smallest absolute Gasteiger partial charge is 0.253 e. The fourth-order valence-electron chi connectivity index (χ4n) is 4.63. The average molecular weight is 407 g/mol. The summed E-state index contributed by atoms with van der Waals surface area (Å²) >= 11 is 0. The summed E-state index contributed by atoms with van der Waals surface area (Å²) in [6.45, 7) is 7.63. The zero-order valence-electron chi connectivity index (χ0n) is 17.8. The lowest BCUT2D eigenvalue weighted by Crippen LogP contribution is -2.52. The predicted octanol–water partition coefficient (Wildman–Crippen LogP) is 3.46. The Bertz CT molecular complexity index is 910. The van der Waals surface area contributed by atoms with E-state index in [1.807, 2.05) is 29.3 Å². The van der Waals surface area contributed by atoms with Crippen LogP contribution in [0.1, 0.15) is 66.6 Å². The molecule has 30 heavy (non-hydrogen) atoms. The Balaban J connectivity index is 1.19. The Kier molecular flexibility index (Phi) is 5.19. The molecule has 2 aliphatic heterocycles. The van der Waals surface area contributed by atoms with Gasteiger partial charge in [0.2, 0.25) is 5.88 Å². The van der Waals surface area contributed by atoms with Crippen LogP contribution in [0.2, 0.25) is 0 Å². The molecule has 1 aromatic heterocycles. The first-order chi connectivity index (χ1) is 14.6. The molecule has 2 aromatic rings. The Labute approximate surface area is 178 Å². The molecule has 0 bridgehead atoms. The van der Waals surface area contributed by atoms with E-state index in [1.54, 1.807) is 6.20 Å². The highest BCUT2D eigenvalue weighted by Gasteiger charge is 2.38. The second kappa shape index (κ2) is 7.99. The highest BCUT2D eigenvalue weighted by atomic mass is 16.5. The van der Waals surface area contributed by atoms with Crippen LogP contribution in [0.25, 0.3) is 0 Å². The maximum Gasteiger partial charge on any atom is 0.253 e. The average Bonchev–Trinajstić information content (AvgIpc) is 3.53. The minimum absolute atomic E-state index is 0.107. The topological polar surface area (TPSA) is 58.6 Å². The van der Waals surface area contributed by atoms with Crippen LogP contribution in [0.3, 0.4) is 0 Å². The van der Waals surface area contributed by atoms with E-state index in [9.17, 15) is 4.79 Å². The van der Waals surface area contributed by atoms with Crippen LogP contribution >= 0.6 is 0 Å².